The Morgan fingerprint density at radius 3 is 3.00 bits per heavy atom. The molecule has 1 aromatic heterocycles. The van der Waals surface area contributed by atoms with Crippen LogP contribution in [0.15, 0.2) is 11.2 Å². The van der Waals surface area contributed by atoms with E-state index in [-0.39, 0.29) is 24.0 Å². The minimum Gasteiger partial charge on any atom is -0.382 e. The molecular weight excluding hydrogens is 375 g/mol. The lowest BCUT2D eigenvalue weighted by Gasteiger charge is -2.04. The third-order valence-electron chi connectivity index (χ3n) is 2.25. The molecule has 0 spiro atoms. The number of ether oxygens (including phenoxy) is 1. The number of nitrogens with zero attached hydrogens (tertiary/aromatic N) is 2. The molecule has 0 aliphatic rings. The summed E-state index contributed by atoms with van der Waals surface area (Å²) in [7, 11) is 0. The van der Waals surface area contributed by atoms with Gasteiger partial charge < -0.3 is 15.8 Å². The molecule has 1 aromatic rings. The van der Waals surface area contributed by atoms with E-state index < -0.39 is 0 Å². The zero-order chi connectivity index (χ0) is 13.2. The summed E-state index contributed by atoms with van der Waals surface area (Å²) >= 11 is 1.72. The number of aromatic nitrogens is 1. The van der Waals surface area contributed by atoms with E-state index in [0.717, 1.165) is 37.6 Å². The number of hydrogen-bond acceptors (Lipinski definition) is 4. The molecule has 5 nitrogen and oxygen atoms in total. The van der Waals surface area contributed by atoms with Gasteiger partial charge in [-0.2, -0.15) is 0 Å². The summed E-state index contributed by atoms with van der Waals surface area (Å²) in [4.78, 5) is 9.75. The average Bonchev–Trinajstić information content (AvgIpc) is 2.75. The molecule has 0 aromatic carbocycles. The Labute approximate surface area is 136 Å². The normalized spacial score (nSPS) is 11.2. The zero-order valence-electron chi connectivity index (χ0n) is 11.5. The third kappa shape index (κ3) is 9.17. The second-order valence-corrected chi connectivity index (χ2v) is 5.18. The van der Waals surface area contributed by atoms with Crippen LogP contribution in [-0.2, 0) is 11.2 Å². The Morgan fingerprint density at radius 1 is 1.58 bits per heavy atom. The summed E-state index contributed by atoms with van der Waals surface area (Å²) in [6.45, 7) is 7.02. The first kappa shape index (κ1) is 18.6. The van der Waals surface area contributed by atoms with Crippen LogP contribution < -0.4 is 11.1 Å². The maximum absolute atomic E-state index is 5.74. The topological polar surface area (TPSA) is 72.5 Å². The van der Waals surface area contributed by atoms with Gasteiger partial charge in [0, 0.05) is 43.8 Å². The number of thiazole rings is 1. The van der Waals surface area contributed by atoms with E-state index in [0.29, 0.717) is 12.5 Å². The Balaban J connectivity index is 0.00000324. The fourth-order valence-electron chi connectivity index (χ4n) is 1.38. The van der Waals surface area contributed by atoms with Gasteiger partial charge in [0.05, 0.1) is 5.01 Å². The quantitative estimate of drug-likeness (QED) is 0.304. The predicted molar refractivity (Wildman–Crippen MR) is 91.6 cm³/mol. The first-order valence-corrected chi connectivity index (χ1v) is 7.07. The fraction of sp³-hybridized carbons (Fsp3) is 0.667. The molecule has 1 heterocycles. The third-order valence-corrected chi connectivity index (χ3v) is 3.22. The Bertz CT molecular complexity index is 370. The summed E-state index contributed by atoms with van der Waals surface area (Å²) in [5.74, 6) is 0.500. The highest BCUT2D eigenvalue weighted by molar-refractivity contribution is 14.0. The van der Waals surface area contributed by atoms with Crippen LogP contribution in [0.25, 0.3) is 0 Å². The number of aryl methyl sites for hydroxylation is 1. The van der Waals surface area contributed by atoms with Crippen molar-refractivity contribution in [1.29, 1.82) is 0 Å². The van der Waals surface area contributed by atoms with Gasteiger partial charge in [-0.05, 0) is 20.3 Å². The summed E-state index contributed by atoms with van der Waals surface area (Å²) in [6.07, 6.45) is 3.68. The number of nitrogens with two attached hydrogens (primary N) is 1. The van der Waals surface area contributed by atoms with Crippen molar-refractivity contribution in [2.45, 2.75) is 26.7 Å². The molecule has 0 aliphatic heterocycles. The Kier molecular flexibility index (Phi) is 11.2. The Morgan fingerprint density at radius 2 is 2.37 bits per heavy atom. The van der Waals surface area contributed by atoms with E-state index in [1.165, 1.54) is 4.88 Å². The predicted octanol–water partition coefficient (Wildman–Crippen LogP) is 1.94. The van der Waals surface area contributed by atoms with Crippen LogP contribution >= 0.6 is 35.3 Å². The highest BCUT2D eigenvalue weighted by Crippen LogP contribution is 2.10. The minimum atomic E-state index is 0. The molecule has 0 unspecified atom stereocenters. The van der Waals surface area contributed by atoms with E-state index in [2.05, 4.69) is 22.2 Å². The number of nitrogens with one attached hydrogen (secondary N) is 1. The molecule has 0 bridgehead atoms. The molecule has 0 saturated carbocycles. The second-order valence-electron chi connectivity index (χ2n) is 3.86. The summed E-state index contributed by atoms with van der Waals surface area (Å²) in [5.41, 5.74) is 5.74. The standard InChI is InChI=1S/C12H22N4OS.HI/c1-3-17-8-4-6-14-12(13)15-7-5-11-16-9-10(2)18-11;/h9H,3-8H2,1-2H3,(H3,13,14,15);1H. The minimum absolute atomic E-state index is 0. The van der Waals surface area contributed by atoms with Crippen LogP contribution in [0.4, 0.5) is 0 Å². The van der Waals surface area contributed by atoms with E-state index in [4.69, 9.17) is 10.5 Å². The monoisotopic (exact) mass is 398 g/mol. The van der Waals surface area contributed by atoms with Gasteiger partial charge >= 0.3 is 0 Å². The number of hydrogen-bond donors (Lipinski definition) is 2. The van der Waals surface area contributed by atoms with Crippen molar-refractivity contribution < 1.29 is 4.74 Å². The molecule has 19 heavy (non-hydrogen) atoms. The highest BCUT2D eigenvalue weighted by atomic mass is 127. The van der Waals surface area contributed by atoms with Crippen molar-refractivity contribution >= 4 is 41.3 Å². The van der Waals surface area contributed by atoms with Crippen LogP contribution in [0, 0.1) is 6.92 Å². The van der Waals surface area contributed by atoms with Crippen LogP contribution in [0.5, 0.6) is 0 Å². The molecule has 7 heteroatoms. The molecule has 0 atom stereocenters. The van der Waals surface area contributed by atoms with Crippen LogP contribution in [0.3, 0.4) is 0 Å². The van der Waals surface area contributed by atoms with Gasteiger partial charge in [0.1, 0.15) is 0 Å². The lowest BCUT2D eigenvalue weighted by Crippen LogP contribution is -2.33. The van der Waals surface area contributed by atoms with Crippen molar-refractivity contribution in [3.8, 4) is 0 Å². The maximum Gasteiger partial charge on any atom is 0.188 e. The molecule has 0 fully saturated rings. The fourth-order valence-corrected chi connectivity index (χ4v) is 2.17. The van der Waals surface area contributed by atoms with Crippen molar-refractivity contribution in [2.24, 2.45) is 10.7 Å². The van der Waals surface area contributed by atoms with Gasteiger partial charge in [0.25, 0.3) is 0 Å². The molecule has 0 radical (unpaired) electrons. The number of guanidine groups is 1. The van der Waals surface area contributed by atoms with Crippen molar-refractivity contribution in [3.05, 3.63) is 16.1 Å². The van der Waals surface area contributed by atoms with Crippen LogP contribution in [0.2, 0.25) is 0 Å². The summed E-state index contributed by atoms with van der Waals surface area (Å²) in [5, 5.41) is 4.21. The van der Waals surface area contributed by atoms with Crippen LogP contribution in [-0.4, -0.2) is 37.2 Å². The van der Waals surface area contributed by atoms with Crippen molar-refractivity contribution in [3.63, 3.8) is 0 Å². The molecular formula is C12H23IN4OS. The van der Waals surface area contributed by atoms with E-state index in [9.17, 15) is 0 Å². The SMILES string of the molecule is CCOCCCN=C(N)NCCc1ncc(C)s1.I. The van der Waals surface area contributed by atoms with E-state index in [1.807, 2.05) is 13.1 Å². The number of aliphatic imine (C=N–C) groups is 1. The number of rotatable bonds is 8. The molecule has 0 saturated heterocycles. The molecule has 1 rings (SSSR count). The second kappa shape index (κ2) is 11.4. The molecule has 110 valence electrons. The zero-order valence-corrected chi connectivity index (χ0v) is 14.7. The molecule has 0 aliphatic carbocycles. The lowest BCUT2D eigenvalue weighted by molar-refractivity contribution is 0.146. The van der Waals surface area contributed by atoms with Crippen molar-refractivity contribution in [1.82, 2.24) is 10.3 Å². The largest absolute Gasteiger partial charge is 0.382 e. The molecule has 3 N–H and O–H groups in total. The van der Waals surface area contributed by atoms with Crippen molar-refractivity contribution in [2.75, 3.05) is 26.3 Å². The smallest absolute Gasteiger partial charge is 0.188 e. The van der Waals surface area contributed by atoms with Gasteiger partial charge in [0.2, 0.25) is 0 Å². The van der Waals surface area contributed by atoms with E-state index in [1.54, 1.807) is 11.3 Å². The summed E-state index contributed by atoms with van der Waals surface area (Å²) < 4.78 is 5.22. The van der Waals surface area contributed by atoms with Gasteiger partial charge in [-0.15, -0.1) is 35.3 Å². The summed E-state index contributed by atoms with van der Waals surface area (Å²) in [6, 6.07) is 0. The number of halogens is 1. The maximum atomic E-state index is 5.74. The lowest BCUT2D eigenvalue weighted by atomic mass is 10.4. The van der Waals surface area contributed by atoms with E-state index >= 15 is 0 Å². The van der Waals surface area contributed by atoms with Crippen LogP contribution in [0.1, 0.15) is 23.2 Å². The molecule has 0 amide bonds. The first-order chi connectivity index (χ1) is 8.72. The highest BCUT2D eigenvalue weighted by Gasteiger charge is 1.98. The van der Waals surface area contributed by atoms with Gasteiger partial charge in [-0.1, -0.05) is 0 Å². The first-order valence-electron chi connectivity index (χ1n) is 6.25. The van der Waals surface area contributed by atoms with Gasteiger partial charge in [0.15, 0.2) is 5.96 Å². The average molecular weight is 398 g/mol. The van der Waals surface area contributed by atoms with Gasteiger partial charge in [-0.3, -0.25) is 4.99 Å². The Hall–Kier alpha value is -0.410. The van der Waals surface area contributed by atoms with Gasteiger partial charge in [-0.25, -0.2) is 4.98 Å².